The highest BCUT2D eigenvalue weighted by Gasteiger charge is 2.25. The number of aromatic nitrogens is 3. The molecule has 2 aromatic rings. The van der Waals surface area contributed by atoms with Gasteiger partial charge in [-0.15, -0.1) is 10.2 Å². The Bertz CT molecular complexity index is 696. The average molecular weight is 347 g/mol. The van der Waals surface area contributed by atoms with E-state index in [2.05, 4.69) is 25.8 Å². The second-order valence-electron chi connectivity index (χ2n) is 5.66. The van der Waals surface area contributed by atoms with Crippen molar-refractivity contribution >= 4 is 34.2 Å². The zero-order chi connectivity index (χ0) is 16.9. The van der Waals surface area contributed by atoms with Crippen LogP contribution >= 0.6 is 11.3 Å². The maximum absolute atomic E-state index is 12.0. The number of rotatable bonds is 5. The lowest BCUT2D eigenvalue weighted by Crippen LogP contribution is -2.29. The van der Waals surface area contributed by atoms with Gasteiger partial charge >= 0.3 is 5.97 Å². The van der Waals surface area contributed by atoms with Crippen LogP contribution in [0.25, 0.3) is 0 Å². The van der Waals surface area contributed by atoms with Gasteiger partial charge in [0, 0.05) is 12.2 Å². The molecular weight excluding hydrogens is 330 g/mol. The third-order valence-corrected chi connectivity index (χ3v) is 4.64. The maximum Gasteiger partial charge on any atom is 0.306 e. The molecule has 0 unspecified atom stereocenters. The van der Waals surface area contributed by atoms with Crippen LogP contribution in [0.4, 0.5) is 10.9 Å². The maximum atomic E-state index is 12.0. The van der Waals surface area contributed by atoms with E-state index in [9.17, 15) is 9.59 Å². The zero-order valence-corrected chi connectivity index (χ0v) is 13.6. The summed E-state index contributed by atoms with van der Waals surface area (Å²) in [6, 6.07) is 3.65. The SMILES string of the molecule is O=C(Nc1nncs1)c1ccc(NC2CCC(C(=O)O)CC2)nc1. The standard InChI is InChI=1S/C15H17N5O3S/c21-13(19-15-20-17-8-24-15)10-3-6-12(16-7-10)18-11-4-1-9(2-5-11)14(22)23/h3,6-9,11H,1-2,4-5H2,(H,16,18)(H,22,23)(H,19,20,21). The summed E-state index contributed by atoms with van der Waals surface area (Å²) in [4.78, 5) is 27.2. The van der Waals surface area contributed by atoms with Crippen molar-refractivity contribution in [3.63, 3.8) is 0 Å². The van der Waals surface area contributed by atoms with Gasteiger partial charge in [0.1, 0.15) is 11.3 Å². The lowest BCUT2D eigenvalue weighted by atomic mass is 9.86. The molecule has 1 saturated carbocycles. The largest absolute Gasteiger partial charge is 0.481 e. The molecule has 1 aliphatic carbocycles. The quantitative estimate of drug-likeness (QED) is 0.759. The number of carboxylic acid groups (broad SMARTS) is 1. The molecule has 3 rings (SSSR count). The summed E-state index contributed by atoms with van der Waals surface area (Å²) in [6.45, 7) is 0. The fourth-order valence-electron chi connectivity index (χ4n) is 2.70. The van der Waals surface area contributed by atoms with Crippen molar-refractivity contribution in [1.82, 2.24) is 15.2 Å². The number of carbonyl (C=O) groups excluding carboxylic acids is 1. The summed E-state index contributed by atoms with van der Waals surface area (Å²) < 4.78 is 0. The zero-order valence-electron chi connectivity index (χ0n) is 12.8. The first-order valence-electron chi connectivity index (χ1n) is 7.64. The highest BCUT2D eigenvalue weighted by Crippen LogP contribution is 2.26. The van der Waals surface area contributed by atoms with E-state index < -0.39 is 5.97 Å². The topological polar surface area (TPSA) is 117 Å². The molecule has 1 amide bonds. The number of hydrogen-bond donors (Lipinski definition) is 3. The molecule has 0 atom stereocenters. The molecule has 0 aliphatic heterocycles. The molecule has 0 spiro atoms. The minimum atomic E-state index is -0.711. The van der Waals surface area contributed by atoms with Crippen LogP contribution in [0.2, 0.25) is 0 Å². The number of carbonyl (C=O) groups is 2. The van der Waals surface area contributed by atoms with Crippen molar-refractivity contribution in [1.29, 1.82) is 0 Å². The van der Waals surface area contributed by atoms with E-state index in [1.165, 1.54) is 17.5 Å². The van der Waals surface area contributed by atoms with Crippen LogP contribution < -0.4 is 10.6 Å². The van der Waals surface area contributed by atoms with Gasteiger partial charge in [-0.25, -0.2) is 4.98 Å². The predicted octanol–water partition coefficient (Wildman–Crippen LogP) is 2.24. The van der Waals surface area contributed by atoms with E-state index in [0.717, 1.165) is 12.8 Å². The summed E-state index contributed by atoms with van der Waals surface area (Å²) in [7, 11) is 0. The van der Waals surface area contributed by atoms with Gasteiger partial charge in [0.05, 0.1) is 11.5 Å². The fourth-order valence-corrected chi connectivity index (χ4v) is 3.14. The number of hydrogen-bond acceptors (Lipinski definition) is 7. The van der Waals surface area contributed by atoms with Crippen LogP contribution in [0.5, 0.6) is 0 Å². The Kier molecular flexibility index (Phi) is 4.99. The summed E-state index contributed by atoms with van der Waals surface area (Å²) in [5, 5.41) is 22.8. The van der Waals surface area contributed by atoms with Crippen molar-refractivity contribution in [2.75, 3.05) is 10.6 Å². The lowest BCUT2D eigenvalue weighted by Gasteiger charge is -2.27. The van der Waals surface area contributed by atoms with E-state index >= 15 is 0 Å². The van der Waals surface area contributed by atoms with Gasteiger partial charge in [-0.05, 0) is 37.8 Å². The molecule has 0 bridgehead atoms. The highest BCUT2D eigenvalue weighted by atomic mass is 32.1. The van der Waals surface area contributed by atoms with Gasteiger partial charge in [0.15, 0.2) is 0 Å². The Balaban J connectivity index is 1.53. The molecule has 2 aromatic heterocycles. The molecule has 8 nitrogen and oxygen atoms in total. The molecule has 3 N–H and O–H groups in total. The number of pyridine rings is 1. The first-order valence-corrected chi connectivity index (χ1v) is 8.52. The molecule has 0 saturated heterocycles. The number of anilines is 2. The van der Waals surface area contributed by atoms with E-state index in [0.29, 0.717) is 29.4 Å². The van der Waals surface area contributed by atoms with Gasteiger partial charge in [-0.1, -0.05) is 11.3 Å². The van der Waals surface area contributed by atoms with Gasteiger partial charge < -0.3 is 10.4 Å². The van der Waals surface area contributed by atoms with Crippen LogP contribution in [0, 0.1) is 5.92 Å². The molecule has 9 heteroatoms. The van der Waals surface area contributed by atoms with E-state index in [1.54, 1.807) is 17.6 Å². The summed E-state index contributed by atoms with van der Waals surface area (Å²) in [5.41, 5.74) is 1.98. The van der Waals surface area contributed by atoms with Crippen LogP contribution in [0.15, 0.2) is 23.8 Å². The molecular formula is C15H17N5O3S. The normalized spacial score (nSPS) is 20.3. The number of aliphatic carboxylic acids is 1. The van der Waals surface area contributed by atoms with E-state index in [4.69, 9.17) is 5.11 Å². The minimum absolute atomic E-state index is 0.217. The van der Waals surface area contributed by atoms with Crippen LogP contribution in [0.1, 0.15) is 36.0 Å². The van der Waals surface area contributed by atoms with Crippen LogP contribution in [-0.2, 0) is 4.79 Å². The lowest BCUT2D eigenvalue weighted by molar-refractivity contribution is -0.142. The molecule has 1 fully saturated rings. The first-order chi connectivity index (χ1) is 11.6. The van der Waals surface area contributed by atoms with Crippen LogP contribution in [-0.4, -0.2) is 38.2 Å². The summed E-state index contributed by atoms with van der Waals surface area (Å²) >= 11 is 1.25. The Morgan fingerprint density at radius 2 is 2.00 bits per heavy atom. The van der Waals surface area contributed by atoms with Crippen LogP contribution in [0.3, 0.4) is 0 Å². The Morgan fingerprint density at radius 1 is 1.21 bits per heavy atom. The predicted molar refractivity (Wildman–Crippen MR) is 89.1 cm³/mol. The van der Waals surface area contributed by atoms with Gasteiger partial charge in [-0.3, -0.25) is 14.9 Å². The van der Waals surface area contributed by atoms with Crippen molar-refractivity contribution in [3.05, 3.63) is 29.4 Å². The van der Waals surface area contributed by atoms with Crippen molar-refractivity contribution in [2.45, 2.75) is 31.7 Å². The number of nitrogens with one attached hydrogen (secondary N) is 2. The number of amides is 1. The smallest absolute Gasteiger partial charge is 0.306 e. The molecule has 24 heavy (non-hydrogen) atoms. The average Bonchev–Trinajstić information content (AvgIpc) is 3.09. The third kappa shape index (κ3) is 4.05. The monoisotopic (exact) mass is 347 g/mol. The van der Waals surface area contributed by atoms with E-state index in [1.807, 2.05) is 0 Å². The summed E-state index contributed by atoms with van der Waals surface area (Å²) in [6.07, 6.45) is 4.46. The van der Waals surface area contributed by atoms with Gasteiger partial charge in [0.2, 0.25) is 5.13 Å². The van der Waals surface area contributed by atoms with Gasteiger partial charge in [0.25, 0.3) is 5.91 Å². The Hall–Kier alpha value is -2.55. The highest BCUT2D eigenvalue weighted by molar-refractivity contribution is 7.13. The number of nitrogens with zero attached hydrogens (tertiary/aromatic N) is 3. The molecule has 1 aliphatic rings. The first kappa shape index (κ1) is 16.3. The van der Waals surface area contributed by atoms with Gasteiger partial charge in [-0.2, -0.15) is 0 Å². The van der Waals surface area contributed by atoms with Crippen molar-refractivity contribution in [3.8, 4) is 0 Å². The molecule has 0 radical (unpaired) electrons. The molecule has 2 heterocycles. The van der Waals surface area contributed by atoms with E-state index in [-0.39, 0.29) is 17.9 Å². The Morgan fingerprint density at radius 3 is 2.58 bits per heavy atom. The molecule has 0 aromatic carbocycles. The molecule has 126 valence electrons. The third-order valence-electron chi connectivity index (χ3n) is 4.03. The Labute approximate surface area is 142 Å². The minimum Gasteiger partial charge on any atom is -0.481 e. The van der Waals surface area contributed by atoms with Crippen molar-refractivity contribution in [2.24, 2.45) is 5.92 Å². The number of carboxylic acids is 1. The second kappa shape index (κ2) is 7.35. The van der Waals surface area contributed by atoms with Crippen molar-refractivity contribution < 1.29 is 14.7 Å². The summed E-state index contributed by atoms with van der Waals surface area (Å²) in [5.74, 6) is -0.547. The fraction of sp³-hybridized carbons (Fsp3) is 0.400. The second-order valence-corrected chi connectivity index (χ2v) is 6.49.